The van der Waals surface area contributed by atoms with Crippen LogP contribution in [0.5, 0.6) is 5.75 Å². The Morgan fingerprint density at radius 1 is 1.37 bits per heavy atom. The summed E-state index contributed by atoms with van der Waals surface area (Å²) in [4.78, 5) is 17.7. The molecule has 0 spiro atoms. The second-order valence-electron chi connectivity index (χ2n) is 9.50. The fourth-order valence-electron chi connectivity index (χ4n) is 5.68. The van der Waals surface area contributed by atoms with Crippen molar-refractivity contribution in [3.05, 3.63) is 59.6 Å². The molecule has 5 rings (SSSR count). The molecule has 1 aromatic heterocycles. The van der Waals surface area contributed by atoms with E-state index in [2.05, 4.69) is 17.9 Å². The summed E-state index contributed by atoms with van der Waals surface area (Å²) >= 11 is 0. The van der Waals surface area contributed by atoms with E-state index >= 15 is 0 Å². The lowest BCUT2D eigenvalue weighted by Gasteiger charge is -2.58. The maximum absolute atomic E-state index is 13.2. The molecule has 158 valence electrons. The number of hydrogen-bond acceptors (Lipinski definition) is 4. The van der Waals surface area contributed by atoms with E-state index in [1.165, 1.54) is 24.0 Å². The van der Waals surface area contributed by atoms with Gasteiger partial charge in [0.05, 0.1) is 18.6 Å². The highest BCUT2D eigenvalue weighted by Gasteiger charge is 2.53. The van der Waals surface area contributed by atoms with Gasteiger partial charge in [-0.3, -0.25) is 9.69 Å². The molecule has 5 heteroatoms. The number of carbonyl (C=O) groups excluding carboxylic acids is 1. The predicted molar refractivity (Wildman–Crippen MR) is 116 cm³/mol. The molecular weight excluding hydrogens is 376 g/mol. The minimum absolute atomic E-state index is 0.00861. The van der Waals surface area contributed by atoms with Crippen LogP contribution in [0.2, 0.25) is 0 Å². The molecule has 2 aliphatic carbocycles. The minimum Gasteiger partial charge on any atom is -0.508 e. The number of phenols is 1. The highest BCUT2D eigenvalue weighted by Crippen LogP contribution is 2.48. The number of amides is 1. The molecule has 0 radical (unpaired) electrons. The third-order valence-electron chi connectivity index (χ3n) is 7.46. The molecule has 30 heavy (non-hydrogen) atoms. The van der Waals surface area contributed by atoms with Crippen LogP contribution >= 0.6 is 0 Å². The molecule has 1 saturated carbocycles. The van der Waals surface area contributed by atoms with Crippen molar-refractivity contribution in [2.45, 2.75) is 50.1 Å². The highest BCUT2D eigenvalue weighted by molar-refractivity contribution is 5.92. The van der Waals surface area contributed by atoms with Crippen LogP contribution in [0.25, 0.3) is 6.08 Å². The summed E-state index contributed by atoms with van der Waals surface area (Å²) in [7, 11) is 1.94. The molecule has 1 amide bonds. The second-order valence-corrected chi connectivity index (χ2v) is 9.50. The number of piperidine rings is 1. The zero-order valence-corrected chi connectivity index (χ0v) is 17.8. The van der Waals surface area contributed by atoms with E-state index in [4.69, 9.17) is 4.42 Å². The summed E-state index contributed by atoms with van der Waals surface area (Å²) in [6.45, 7) is 4.47. The smallest absolute Gasteiger partial charge is 0.246 e. The lowest BCUT2D eigenvalue weighted by atomic mass is 9.61. The van der Waals surface area contributed by atoms with Gasteiger partial charge >= 0.3 is 0 Å². The number of aromatic hydroxyl groups is 1. The number of fused-ring (bicyclic) bond motifs is 4. The van der Waals surface area contributed by atoms with Crippen LogP contribution in [0.4, 0.5) is 0 Å². The number of carbonyl (C=O) groups is 1. The molecule has 2 aromatic rings. The van der Waals surface area contributed by atoms with Crippen molar-refractivity contribution >= 4 is 12.0 Å². The number of nitrogens with zero attached hydrogens (tertiary/aromatic N) is 2. The Morgan fingerprint density at radius 3 is 2.93 bits per heavy atom. The fraction of sp³-hybridized carbons (Fsp3) is 0.480. The zero-order valence-electron chi connectivity index (χ0n) is 17.8. The monoisotopic (exact) mass is 406 g/mol. The van der Waals surface area contributed by atoms with E-state index in [1.54, 1.807) is 24.7 Å². The van der Waals surface area contributed by atoms with E-state index in [-0.39, 0.29) is 17.4 Å². The van der Waals surface area contributed by atoms with E-state index in [0.29, 0.717) is 11.8 Å². The lowest BCUT2D eigenvalue weighted by molar-refractivity contribution is -0.132. The molecule has 1 N–H and O–H groups in total. The topological polar surface area (TPSA) is 56.9 Å². The molecule has 2 bridgehead atoms. The van der Waals surface area contributed by atoms with Gasteiger partial charge in [0.25, 0.3) is 0 Å². The third-order valence-corrected chi connectivity index (χ3v) is 7.46. The molecule has 1 unspecified atom stereocenters. The Morgan fingerprint density at radius 2 is 2.20 bits per heavy atom. The molecule has 3 aliphatic rings. The number of phenolic OH excluding ortho intramolecular Hbond substituents is 1. The van der Waals surface area contributed by atoms with Crippen LogP contribution < -0.4 is 0 Å². The predicted octanol–water partition coefficient (Wildman–Crippen LogP) is 3.82. The summed E-state index contributed by atoms with van der Waals surface area (Å²) in [5, 5.41) is 10.2. The van der Waals surface area contributed by atoms with Crippen molar-refractivity contribution in [2.24, 2.45) is 5.92 Å². The number of hydrogen-bond donors (Lipinski definition) is 1. The normalized spacial score (nSPS) is 28.5. The van der Waals surface area contributed by atoms with Crippen LogP contribution in [0.1, 0.15) is 42.9 Å². The van der Waals surface area contributed by atoms with Gasteiger partial charge in [-0.1, -0.05) is 13.0 Å². The van der Waals surface area contributed by atoms with E-state index < -0.39 is 0 Å². The van der Waals surface area contributed by atoms with Gasteiger partial charge in [0, 0.05) is 36.7 Å². The van der Waals surface area contributed by atoms with Gasteiger partial charge in [-0.05, 0) is 73.5 Å². The van der Waals surface area contributed by atoms with Crippen LogP contribution in [-0.4, -0.2) is 53.0 Å². The van der Waals surface area contributed by atoms with Crippen molar-refractivity contribution in [3.8, 4) is 5.75 Å². The quantitative estimate of drug-likeness (QED) is 0.767. The average Bonchev–Trinajstić information content (AvgIpc) is 3.39. The minimum atomic E-state index is -0.176. The highest BCUT2D eigenvalue weighted by atomic mass is 16.3. The molecule has 1 aliphatic heterocycles. The van der Waals surface area contributed by atoms with Crippen molar-refractivity contribution in [2.75, 3.05) is 20.1 Å². The lowest BCUT2D eigenvalue weighted by Crippen LogP contribution is -2.68. The maximum atomic E-state index is 13.2. The third kappa shape index (κ3) is 3.35. The van der Waals surface area contributed by atoms with Gasteiger partial charge in [-0.25, -0.2) is 0 Å². The van der Waals surface area contributed by atoms with E-state index in [9.17, 15) is 9.90 Å². The molecule has 5 nitrogen and oxygen atoms in total. The fourth-order valence-corrected chi connectivity index (χ4v) is 5.68. The van der Waals surface area contributed by atoms with Gasteiger partial charge in [-0.2, -0.15) is 0 Å². The Labute approximate surface area is 178 Å². The molecule has 1 saturated heterocycles. The molecule has 1 aromatic carbocycles. The summed E-state index contributed by atoms with van der Waals surface area (Å²) in [6.07, 6.45) is 11.3. The van der Waals surface area contributed by atoms with Gasteiger partial charge in [0.1, 0.15) is 5.75 Å². The number of benzene rings is 1. The Kier molecular flexibility index (Phi) is 4.73. The van der Waals surface area contributed by atoms with Crippen molar-refractivity contribution in [1.82, 2.24) is 9.80 Å². The summed E-state index contributed by atoms with van der Waals surface area (Å²) in [5.41, 5.74) is 3.22. The molecule has 3 atom stereocenters. The standard InChI is InChI=1S/C25H30N2O3/c1-25-10-11-27(15-17-3-4-17)22(13-19-6-7-20(28)14-21(19)25)24(25)26(2)23(29)8-5-18-9-12-30-16-18/h5-9,12,14,16-17,22,24,28H,3-4,10-11,13,15H2,1-2H3/t22?,24-,25+/m0/s1. The van der Waals surface area contributed by atoms with Crippen LogP contribution in [0.15, 0.2) is 47.3 Å². The van der Waals surface area contributed by atoms with Gasteiger partial charge < -0.3 is 14.4 Å². The number of likely N-dealkylation sites (tertiary alicyclic amines) is 1. The van der Waals surface area contributed by atoms with Crippen molar-refractivity contribution < 1.29 is 14.3 Å². The average molecular weight is 407 g/mol. The molecular formula is C25H30N2O3. The first-order chi connectivity index (χ1) is 14.5. The van der Waals surface area contributed by atoms with Crippen LogP contribution in [-0.2, 0) is 16.6 Å². The zero-order chi connectivity index (χ0) is 20.9. The molecule has 2 heterocycles. The Hall–Kier alpha value is -2.53. The van der Waals surface area contributed by atoms with Gasteiger partial charge in [0.2, 0.25) is 5.91 Å². The SMILES string of the molecule is CN(C(=O)C=Cc1ccoc1)[C@H]1C2Cc3ccc(O)cc3[C@@]1(C)CCN2CC1CC1. The number of likely N-dealkylation sites (N-methyl/N-ethyl adjacent to an activating group) is 1. The van der Waals surface area contributed by atoms with Crippen LogP contribution in [0.3, 0.4) is 0 Å². The van der Waals surface area contributed by atoms with Crippen LogP contribution in [0, 0.1) is 5.92 Å². The largest absolute Gasteiger partial charge is 0.508 e. The number of furan rings is 1. The van der Waals surface area contributed by atoms with E-state index in [1.807, 2.05) is 30.2 Å². The first-order valence-corrected chi connectivity index (χ1v) is 11.0. The van der Waals surface area contributed by atoms with Gasteiger partial charge in [-0.15, -0.1) is 0 Å². The second kappa shape index (κ2) is 7.31. The summed E-state index contributed by atoms with van der Waals surface area (Å²) < 4.78 is 5.10. The summed E-state index contributed by atoms with van der Waals surface area (Å²) in [5.74, 6) is 1.13. The first-order valence-electron chi connectivity index (χ1n) is 11.0. The first kappa shape index (κ1) is 19.4. The maximum Gasteiger partial charge on any atom is 0.246 e. The summed E-state index contributed by atoms with van der Waals surface area (Å²) in [6, 6.07) is 8.02. The van der Waals surface area contributed by atoms with E-state index in [0.717, 1.165) is 37.4 Å². The molecule has 2 fully saturated rings. The van der Waals surface area contributed by atoms with Crippen molar-refractivity contribution in [3.63, 3.8) is 0 Å². The Bertz CT molecular complexity index is 963. The Balaban J connectivity index is 1.49. The number of rotatable bonds is 5. The van der Waals surface area contributed by atoms with Gasteiger partial charge in [0.15, 0.2) is 0 Å². The van der Waals surface area contributed by atoms with Crippen molar-refractivity contribution in [1.29, 1.82) is 0 Å².